The molecule has 0 aliphatic heterocycles. The molecular formula is C12H25NO6S. The Bertz CT molecular complexity index is 365. The summed E-state index contributed by atoms with van der Waals surface area (Å²) >= 11 is 0. The lowest BCUT2D eigenvalue weighted by Crippen LogP contribution is -2.20. The molecule has 0 fully saturated rings. The normalized spacial score (nSPS) is 10.7. The molecule has 0 aliphatic rings. The van der Waals surface area contributed by atoms with Gasteiger partial charge in [0.05, 0.1) is 13.2 Å². The Morgan fingerprint density at radius 1 is 1.15 bits per heavy atom. The van der Waals surface area contributed by atoms with Crippen molar-refractivity contribution in [3.05, 3.63) is 12.2 Å². The number of carbonyl (C=O) groups excluding carboxylic acids is 1. The van der Waals surface area contributed by atoms with Gasteiger partial charge in [0.2, 0.25) is 0 Å². The molecule has 20 heavy (non-hydrogen) atoms. The van der Waals surface area contributed by atoms with E-state index in [1.54, 1.807) is 20.8 Å². The minimum absolute atomic E-state index is 0.113. The minimum atomic E-state index is -3.68. The second kappa shape index (κ2) is 11.8. The van der Waals surface area contributed by atoms with Crippen LogP contribution in [0.4, 0.5) is 0 Å². The molecule has 0 rings (SSSR count). The zero-order chi connectivity index (χ0) is 16.2. The highest BCUT2D eigenvalue weighted by atomic mass is 32.3. The third-order valence-corrected chi connectivity index (χ3v) is 2.69. The predicted octanol–water partition coefficient (Wildman–Crippen LogP) is 0.972. The number of likely N-dealkylation sites (N-methyl/N-ethyl adjacent to an activating group) is 1. The van der Waals surface area contributed by atoms with Crippen LogP contribution in [0, 0.1) is 0 Å². The largest absolute Gasteiger partial charge is 0.461 e. The number of carbonyl (C=O) groups is 1. The van der Waals surface area contributed by atoms with Crippen LogP contribution in [0.15, 0.2) is 12.2 Å². The topological polar surface area (TPSA) is 82.1 Å². The molecule has 0 bridgehead atoms. The van der Waals surface area contributed by atoms with Crippen molar-refractivity contribution in [3.8, 4) is 0 Å². The standard InChI is InChI=1S/C8H15NO2.C4H10O4S/c1-7(2)8(10)11-6-5-9(3)4;1-3-7-9(5,6)8-4-2/h1,5-6H2,2-4H3;3-4H2,1-2H3. The lowest BCUT2D eigenvalue weighted by Gasteiger charge is -2.09. The van der Waals surface area contributed by atoms with Gasteiger partial charge in [-0.3, -0.25) is 0 Å². The molecule has 0 saturated carbocycles. The van der Waals surface area contributed by atoms with Crippen LogP contribution in [0.1, 0.15) is 20.8 Å². The zero-order valence-corrected chi connectivity index (χ0v) is 13.7. The van der Waals surface area contributed by atoms with E-state index in [0.29, 0.717) is 12.2 Å². The molecule has 0 saturated heterocycles. The second-order valence-corrected chi connectivity index (χ2v) is 5.23. The first-order valence-corrected chi connectivity index (χ1v) is 7.50. The Hall–Kier alpha value is -0.960. The van der Waals surface area contributed by atoms with Crippen molar-refractivity contribution in [1.82, 2.24) is 4.90 Å². The fourth-order valence-corrected chi connectivity index (χ4v) is 1.41. The van der Waals surface area contributed by atoms with Crippen molar-refractivity contribution in [2.24, 2.45) is 0 Å². The molecule has 0 spiro atoms. The molecule has 0 aromatic rings. The Balaban J connectivity index is 0. The van der Waals surface area contributed by atoms with E-state index >= 15 is 0 Å². The van der Waals surface area contributed by atoms with Crippen LogP contribution >= 0.6 is 0 Å². The SMILES string of the molecule is C=C(C)C(=O)OCCN(C)C.CCOS(=O)(=O)OCC. The van der Waals surface area contributed by atoms with E-state index in [4.69, 9.17) is 4.74 Å². The van der Waals surface area contributed by atoms with E-state index in [0.717, 1.165) is 6.54 Å². The molecule has 0 N–H and O–H groups in total. The lowest BCUT2D eigenvalue weighted by molar-refractivity contribution is -0.139. The highest BCUT2D eigenvalue weighted by Crippen LogP contribution is 1.93. The van der Waals surface area contributed by atoms with Gasteiger partial charge < -0.3 is 9.64 Å². The third kappa shape index (κ3) is 15.1. The zero-order valence-electron chi connectivity index (χ0n) is 12.8. The number of hydrogen-bond acceptors (Lipinski definition) is 7. The number of nitrogens with zero attached hydrogens (tertiary/aromatic N) is 1. The lowest BCUT2D eigenvalue weighted by atomic mass is 10.4. The van der Waals surface area contributed by atoms with Gasteiger partial charge in [0, 0.05) is 12.1 Å². The first-order chi connectivity index (χ1) is 9.16. The maximum Gasteiger partial charge on any atom is 0.399 e. The monoisotopic (exact) mass is 311 g/mol. The second-order valence-electron chi connectivity index (χ2n) is 3.94. The summed E-state index contributed by atoms with van der Waals surface area (Å²) in [5.74, 6) is -0.313. The average molecular weight is 311 g/mol. The van der Waals surface area contributed by atoms with Gasteiger partial charge in [-0.05, 0) is 34.9 Å². The molecule has 8 heteroatoms. The third-order valence-electron chi connectivity index (χ3n) is 1.64. The molecule has 0 unspecified atom stereocenters. The fourth-order valence-electron chi connectivity index (χ4n) is 0.767. The Morgan fingerprint density at radius 2 is 1.60 bits per heavy atom. The van der Waals surface area contributed by atoms with E-state index in [2.05, 4.69) is 14.9 Å². The molecule has 7 nitrogen and oxygen atoms in total. The van der Waals surface area contributed by atoms with E-state index in [9.17, 15) is 13.2 Å². The Kier molecular flexibility index (Phi) is 12.6. The fraction of sp³-hybridized carbons (Fsp3) is 0.750. The summed E-state index contributed by atoms with van der Waals surface area (Å²) < 4.78 is 34.0. The van der Waals surface area contributed by atoms with Crippen molar-refractivity contribution in [2.45, 2.75) is 20.8 Å². The summed E-state index contributed by atoms with van der Waals surface area (Å²) in [4.78, 5) is 12.7. The van der Waals surface area contributed by atoms with Crippen LogP contribution in [0.2, 0.25) is 0 Å². The Morgan fingerprint density at radius 3 is 1.90 bits per heavy atom. The molecular weight excluding hydrogens is 286 g/mol. The van der Waals surface area contributed by atoms with Gasteiger partial charge in [0.15, 0.2) is 0 Å². The molecule has 0 aliphatic carbocycles. The molecule has 0 amide bonds. The quantitative estimate of drug-likeness (QED) is 0.488. The summed E-state index contributed by atoms with van der Waals surface area (Å²) in [6, 6.07) is 0. The highest BCUT2D eigenvalue weighted by Gasteiger charge is 2.07. The molecule has 0 heterocycles. The van der Waals surface area contributed by atoms with Crippen molar-refractivity contribution in [2.75, 3.05) is 40.5 Å². The van der Waals surface area contributed by atoms with Gasteiger partial charge in [0.1, 0.15) is 6.61 Å². The van der Waals surface area contributed by atoms with Crippen molar-refractivity contribution in [1.29, 1.82) is 0 Å². The number of ether oxygens (including phenoxy) is 1. The summed E-state index contributed by atoms with van der Waals surface area (Å²) in [7, 11) is 0.169. The van der Waals surface area contributed by atoms with Crippen LogP contribution in [-0.4, -0.2) is 59.7 Å². The first-order valence-electron chi connectivity index (χ1n) is 6.17. The Labute approximate surface area is 121 Å². The summed E-state index contributed by atoms with van der Waals surface area (Å²) in [5.41, 5.74) is 0.448. The van der Waals surface area contributed by atoms with Gasteiger partial charge >= 0.3 is 16.4 Å². The van der Waals surface area contributed by atoms with Gasteiger partial charge in [-0.25, -0.2) is 13.2 Å². The minimum Gasteiger partial charge on any atom is -0.461 e. The van der Waals surface area contributed by atoms with Gasteiger partial charge in [-0.2, -0.15) is 8.42 Å². The van der Waals surface area contributed by atoms with Crippen LogP contribution in [0.3, 0.4) is 0 Å². The van der Waals surface area contributed by atoms with E-state index in [-0.39, 0.29) is 19.2 Å². The summed E-state index contributed by atoms with van der Waals surface area (Å²) in [6.07, 6.45) is 0. The van der Waals surface area contributed by atoms with Crippen molar-refractivity contribution < 1.29 is 26.3 Å². The molecule has 120 valence electrons. The molecule has 0 radical (unpaired) electrons. The van der Waals surface area contributed by atoms with Gasteiger partial charge in [0.25, 0.3) is 0 Å². The van der Waals surface area contributed by atoms with Crippen LogP contribution in [0.25, 0.3) is 0 Å². The molecule has 0 aromatic carbocycles. The van der Waals surface area contributed by atoms with Crippen LogP contribution in [-0.2, 0) is 28.3 Å². The maximum absolute atomic E-state index is 10.8. The van der Waals surface area contributed by atoms with Gasteiger partial charge in [-0.1, -0.05) is 6.58 Å². The molecule has 0 atom stereocenters. The van der Waals surface area contributed by atoms with E-state index in [1.165, 1.54) is 0 Å². The summed E-state index contributed by atoms with van der Waals surface area (Å²) in [6.45, 7) is 9.67. The summed E-state index contributed by atoms with van der Waals surface area (Å²) in [5, 5.41) is 0. The van der Waals surface area contributed by atoms with E-state index in [1.807, 2.05) is 19.0 Å². The average Bonchev–Trinajstić information content (AvgIpc) is 2.28. The number of hydrogen-bond donors (Lipinski definition) is 0. The molecule has 0 aromatic heterocycles. The smallest absolute Gasteiger partial charge is 0.399 e. The number of rotatable bonds is 8. The first kappa shape index (κ1) is 21.3. The van der Waals surface area contributed by atoms with Crippen LogP contribution < -0.4 is 0 Å². The van der Waals surface area contributed by atoms with Crippen molar-refractivity contribution >= 4 is 16.4 Å². The number of esters is 1. The highest BCUT2D eigenvalue weighted by molar-refractivity contribution is 7.81. The van der Waals surface area contributed by atoms with Crippen molar-refractivity contribution in [3.63, 3.8) is 0 Å². The van der Waals surface area contributed by atoms with Crippen LogP contribution in [0.5, 0.6) is 0 Å². The maximum atomic E-state index is 10.8. The predicted molar refractivity (Wildman–Crippen MR) is 76.5 cm³/mol. The van der Waals surface area contributed by atoms with E-state index < -0.39 is 10.4 Å². The van der Waals surface area contributed by atoms with Gasteiger partial charge in [-0.15, -0.1) is 0 Å².